The average Bonchev–Trinajstić information content (AvgIpc) is 2.46. The van der Waals surface area contributed by atoms with Gasteiger partial charge in [-0.05, 0) is 19.1 Å². The van der Waals surface area contributed by atoms with E-state index in [1.165, 1.54) is 14.0 Å². The van der Waals surface area contributed by atoms with E-state index in [-0.39, 0.29) is 0 Å². The quantitative estimate of drug-likeness (QED) is 0.897. The van der Waals surface area contributed by atoms with Crippen molar-refractivity contribution in [3.63, 3.8) is 0 Å². The van der Waals surface area contributed by atoms with Crippen molar-refractivity contribution in [2.24, 2.45) is 0 Å². The number of carboxylic acids is 1. The fraction of sp³-hybridized carbons (Fsp3) is 0.214. The second kappa shape index (κ2) is 5.56. The van der Waals surface area contributed by atoms with E-state index in [2.05, 4.69) is 10.3 Å². The van der Waals surface area contributed by atoms with E-state index in [1.54, 1.807) is 30.6 Å². The lowest BCUT2D eigenvalue weighted by Gasteiger charge is -2.22. The summed E-state index contributed by atoms with van der Waals surface area (Å²) in [5.74, 6) is -1.05. The predicted octanol–water partition coefficient (Wildman–Crippen LogP) is 2.17. The van der Waals surface area contributed by atoms with E-state index in [0.29, 0.717) is 5.69 Å². The third-order valence-corrected chi connectivity index (χ3v) is 3.18. The third-order valence-electron chi connectivity index (χ3n) is 3.18. The number of pyridine rings is 1. The molecule has 6 nitrogen and oxygen atoms in total. The first-order valence-electron chi connectivity index (χ1n) is 6.10. The zero-order valence-electron chi connectivity index (χ0n) is 11.2. The number of hydrogen-bond acceptors (Lipinski definition) is 3. The number of carboxylic acid groups (broad SMARTS) is 1. The summed E-state index contributed by atoms with van der Waals surface area (Å²) in [6, 6.07) is 5.89. The Morgan fingerprint density at radius 2 is 2.10 bits per heavy atom. The van der Waals surface area contributed by atoms with Crippen molar-refractivity contribution >= 4 is 28.5 Å². The summed E-state index contributed by atoms with van der Waals surface area (Å²) >= 11 is 0. The van der Waals surface area contributed by atoms with Gasteiger partial charge in [-0.3, -0.25) is 4.98 Å². The Hall–Kier alpha value is -2.63. The minimum Gasteiger partial charge on any atom is -0.480 e. The lowest BCUT2D eigenvalue weighted by Crippen LogP contribution is -2.42. The Morgan fingerprint density at radius 3 is 2.80 bits per heavy atom. The Balaban J connectivity index is 2.24. The molecule has 0 saturated heterocycles. The van der Waals surface area contributed by atoms with Gasteiger partial charge in [-0.2, -0.15) is 0 Å². The zero-order chi connectivity index (χ0) is 14.7. The monoisotopic (exact) mass is 273 g/mol. The summed E-state index contributed by atoms with van der Waals surface area (Å²) in [7, 11) is 1.45. The molecule has 1 atom stereocenters. The Bertz CT molecular complexity index is 652. The Morgan fingerprint density at radius 1 is 1.35 bits per heavy atom. The lowest BCUT2D eigenvalue weighted by molar-refractivity contribution is -0.141. The van der Waals surface area contributed by atoms with Gasteiger partial charge in [0.15, 0.2) is 0 Å². The number of anilines is 1. The van der Waals surface area contributed by atoms with Gasteiger partial charge in [-0.15, -0.1) is 0 Å². The fourth-order valence-electron chi connectivity index (χ4n) is 1.78. The van der Waals surface area contributed by atoms with E-state index in [0.717, 1.165) is 15.7 Å². The first-order chi connectivity index (χ1) is 9.50. The molecule has 1 aromatic heterocycles. The van der Waals surface area contributed by atoms with Gasteiger partial charge >= 0.3 is 12.0 Å². The summed E-state index contributed by atoms with van der Waals surface area (Å²) < 4.78 is 0. The summed E-state index contributed by atoms with van der Waals surface area (Å²) in [6.45, 7) is 1.45. The second-order valence-corrected chi connectivity index (χ2v) is 4.46. The highest BCUT2D eigenvalue weighted by molar-refractivity contribution is 6.01. The molecule has 2 amide bonds. The molecule has 2 aromatic rings. The van der Waals surface area contributed by atoms with Crippen molar-refractivity contribution in [1.82, 2.24) is 9.88 Å². The molecule has 104 valence electrons. The number of hydrogen-bond donors (Lipinski definition) is 2. The molecule has 0 spiro atoms. The number of aliphatic carboxylic acids is 1. The van der Waals surface area contributed by atoms with Crippen LogP contribution < -0.4 is 5.32 Å². The van der Waals surface area contributed by atoms with Crippen LogP contribution in [0, 0.1) is 0 Å². The molecule has 0 radical (unpaired) electrons. The standard InChI is InChI=1S/C14H15N3O3/c1-9(13(18)19)17(2)14(20)16-12-5-3-4-10-8-15-7-6-11(10)12/h3-9H,1-2H3,(H,16,20)(H,18,19). The number of nitrogens with zero attached hydrogens (tertiary/aromatic N) is 2. The molecule has 0 fully saturated rings. The van der Waals surface area contributed by atoms with Gasteiger partial charge in [0.1, 0.15) is 6.04 Å². The van der Waals surface area contributed by atoms with Gasteiger partial charge in [-0.25, -0.2) is 9.59 Å². The molecule has 1 heterocycles. The maximum Gasteiger partial charge on any atom is 0.326 e. The van der Waals surface area contributed by atoms with Crippen LogP contribution in [0.2, 0.25) is 0 Å². The summed E-state index contributed by atoms with van der Waals surface area (Å²) in [5.41, 5.74) is 0.624. The van der Waals surface area contributed by atoms with E-state index < -0.39 is 18.0 Å². The van der Waals surface area contributed by atoms with Gasteiger partial charge < -0.3 is 15.3 Å². The topological polar surface area (TPSA) is 82.5 Å². The van der Waals surface area contributed by atoms with Crippen molar-refractivity contribution in [3.8, 4) is 0 Å². The van der Waals surface area contributed by atoms with E-state index in [9.17, 15) is 9.59 Å². The van der Waals surface area contributed by atoms with Crippen LogP contribution in [0.5, 0.6) is 0 Å². The number of urea groups is 1. The van der Waals surface area contributed by atoms with Gasteiger partial charge in [0.2, 0.25) is 0 Å². The molecule has 2 rings (SSSR count). The molecule has 1 aromatic carbocycles. The number of carbonyl (C=O) groups excluding carboxylic acids is 1. The van der Waals surface area contributed by atoms with Gasteiger partial charge in [0.25, 0.3) is 0 Å². The summed E-state index contributed by atoms with van der Waals surface area (Å²) in [4.78, 5) is 28.1. The van der Waals surface area contributed by atoms with Crippen LogP contribution in [0.4, 0.5) is 10.5 Å². The predicted molar refractivity (Wildman–Crippen MR) is 75.6 cm³/mol. The number of amides is 2. The molecule has 0 bridgehead atoms. The Labute approximate surface area is 116 Å². The minimum atomic E-state index is -1.05. The van der Waals surface area contributed by atoms with Crippen molar-refractivity contribution in [2.75, 3.05) is 12.4 Å². The normalized spacial score (nSPS) is 11.9. The molecule has 6 heteroatoms. The highest BCUT2D eigenvalue weighted by Crippen LogP contribution is 2.22. The summed E-state index contributed by atoms with van der Waals surface area (Å²) in [6.07, 6.45) is 3.34. The number of nitrogens with one attached hydrogen (secondary N) is 1. The highest BCUT2D eigenvalue weighted by Gasteiger charge is 2.21. The molecule has 0 aliphatic carbocycles. The fourth-order valence-corrected chi connectivity index (χ4v) is 1.78. The smallest absolute Gasteiger partial charge is 0.326 e. The summed E-state index contributed by atoms with van der Waals surface area (Å²) in [5, 5.41) is 13.4. The number of likely N-dealkylation sites (N-methyl/N-ethyl adjacent to an activating group) is 1. The zero-order valence-corrected chi connectivity index (χ0v) is 11.2. The first-order valence-corrected chi connectivity index (χ1v) is 6.10. The molecule has 1 unspecified atom stereocenters. The molecular formula is C14H15N3O3. The van der Waals surface area contributed by atoms with Gasteiger partial charge in [0, 0.05) is 30.2 Å². The number of benzene rings is 1. The molecule has 0 saturated carbocycles. The van der Waals surface area contributed by atoms with Crippen molar-refractivity contribution in [1.29, 1.82) is 0 Å². The van der Waals surface area contributed by atoms with Crippen molar-refractivity contribution < 1.29 is 14.7 Å². The maximum absolute atomic E-state index is 12.0. The largest absolute Gasteiger partial charge is 0.480 e. The average molecular weight is 273 g/mol. The number of rotatable bonds is 3. The molecule has 2 N–H and O–H groups in total. The van der Waals surface area contributed by atoms with Crippen LogP contribution >= 0.6 is 0 Å². The van der Waals surface area contributed by atoms with Crippen LogP contribution in [0.25, 0.3) is 10.8 Å². The Kier molecular flexibility index (Phi) is 3.84. The molecule has 0 aliphatic rings. The number of fused-ring (bicyclic) bond motifs is 1. The third kappa shape index (κ3) is 2.69. The van der Waals surface area contributed by atoms with E-state index in [1.807, 2.05) is 6.07 Å². The van der Waals surface area contributed by atoms with Gasteiger partial charge in [-0.1, -0.05) is 12.1 Å². The number of aromatic nitrogens is 1. The van der Waals surface area contributed by atoms with Crippen LogP contribution in [0.3, 0.4) is 0 Å². The maximum atomic E-state index is 12.0. The minimum absolute atomic E-state index is 0.468. The van der Waals surface area contributed by atoms with Crippen LogP contribution in [-0.4, -0.2) is 40.1 Å². The van der Waals surface area contributed by atoms with Gasteiger partial charge in [0.05, 0.1) is 5.69 Å². The molecular weight excluding hydrogens is 258 g/mol. The first kappa shape index (κ1) is 13.8. The highest BCUT2D eigenvalue weighted by atomic mass is 16.4. The van der Waals surface area contributed by atoms with E-state index in [4.69, 9.17) is 5.11 Å². The molecule has 0 aliphatic heterocycles. The van der Waals surface area contributed by atoms with Crippen molar-refractivity contribution in [3.05, 3.63) is 36.7 Å². The van der Waals surface area contributed by atoms with Crippen LogP contribution in [0.1, 0.15) is 6.92 Å². The van der Waals surface area contributed by atoms with Crippen molar-refractivity contribution in [2.45, 2.75) is 13.0 Å². The second-order valence-electron chi connectivity index (χ2n) is 4.46. The van der Waals surface area contributed by atoms with Crippen LogP contribution in [0.15, 0.2) is 36.7 Å². The van der Waals surface area contributed by atoms with Crippen LogP contribution in [-0.2, 0) is 4.79 Å². The number of carbonyl (C=O) groups is 2. The SMILES string of the molecule is CC(C(=O)O)N(C)C(=O)Nc1cccc2cnccc12. The molecule has 20 heavy (non-hydrogen) atoms. The van der Waals surface area contributed by atoms with E-state index >= 15 is 0 Å². The lowest BCUT2D eigenvalue weighted by atomic mass is 10.1.